The van der Waals surface area contributed by atoms with Crippen LogP contribution in [0.1, 0.15) is 31.2 Å². The summed E-state index contributed by atoms with van der Waals surface area (Å²) in [5.74, 6) is -0.255. The molecule has 1 fully saturated rings. The normalized spacial score (nSPS) is 17.9. The number of hydrogen-bond donors (Lipinski definition) is 0. The number of amides is 1. The number of nitrogens with zero attached hydrogens (tertiary/aromatic N) is 2. The smallest absolute Gasteiger partial charge is 0.310 e. The van der Waals surface area contributed by atoms with Crippen LogP contribution in [0.3, 0.4) is 0 Å². The van der Waals surface area contributed by atoms with Gasteiger partial charge in [0.05, 0.1) is 27.7 Å². The second-order valence-electron chi connectivity index (χ2n) is 6.01. The van der Waals surface area contributed by atoms with E-state index in [0.29, 0.717) is 26.0 Å². The molecule has 0 N–H and O–H groups in total. The van der Waals surface area contributed by atoms with E-state index in [1.807, 2.05) is 31.2 Å². The van der Waals surface area contributed by atoms with Crippen molar-refractivity contribution in [3.05, 3.63) is 29.3 Å². The maximum Gasteiger partial charge on any atom is 0.310 e. The Bertz CT molecular complexity index is 695. The van der Waals surface area contributed by atoms with Crippen LogP contribution in [-0.4, -0.2) is 41.5 Å². The third-order valence-electron chi connectivity index (χ3n) is 4.28. The largest absolute Gasteiger partial charge is 0.466 e. The van der Waals surface area contributed by atoms with Crippen LogP contribution >= 0.6 is 11.3 Å². The van der Waals surface area contributed by atoms with E-state index in [1.54, 1.807) is 16.2 Å². The number of para-hydroxylation sites is 1. The van der Waals surface area contributed by atoms with Crippen LogP contribution in [0.2, 0.25) is 0 Å². The lowest BCUT2D eigenvalue weighted by molar-refractivity contribution is -0.151. The number of aromatic nitrogens is 1. The molecule has 2 aromatic rings. The monoisotopic (exact) mass is 346 g/mol. The molecule has 3 rings (SSSR count). The molecule has 6 heteroatoms. The lowest BCUT2D eigenvalue weighted by Gasteiger charge is -2.31. The zero-order valence-corrected chi connectivity index (χ0v) is 14.7. The zero-order chi connectivity index (χ0) is 16.9. The molecule has 1 aliphatic heterocycles. The molecule has 24 heavy (non-hydrogen) atoms. The van der Waals surface area contributed by atoms with Crippen LogP contribution in [0.15, 0.2) is 24.3 Å². The van der Waals surface area contributed by atoms with E-state index in [2.05, 4.69) is 4.98 Å². The van der Waals surface area contributed by atoms with Crippen LogP contribution in [0.4, 0.5) is 0 Å². The summed E-state index contributed by atoms with van der Waals surface area (Å²) in [6.07, 6.45) is 2.75. The summed E-state index contributed by atoms with van der Waals surface area (Å²) in [7, 11) is 0. The molecule has 0 spiro atoms. The first-order chi connectivity index (χ1) is 11.7. The number of carbonyl (C=O) groups excluding carboxylic acids is 2. The average Bonchev–Trinajstić information content (AvgIpc) is 3.03. The van der Waals surface area contributed by atoms with E-state index < -0.39 is 0 Å². The van der Waals surface area contributed by atoms with Crippen molar-refractivity contribution in [1.82, 2.24) is 9.88 Å². The molecule has 1 aliphatic rings. The Morgan fingerprint density at radius 3 is 3.00 bits per heavy atom. The highest BCUT2D eigenvalue weighted by atomic mass is 32.1. The molecule has 0 bridgehead atoms. The highest BCUT2D eigenvalue weighted by molar-refractivity contribution is 7.18. The van der Waals surface area contributed by atoms with Crippen LogP contribution < -0.4 is 0 Å². The number of ether oxygens (including phenoxy) is 1. The van der Waals surface area contributed by atoms with Gasteiger partial charge in [-0.2, -0.15) is 0 Å². The molecule has 0 saturated carbocycles. The van der Waals surface area contributed by atoms with Gasteiger partial charge in [0.25, 0.3) is 0 Å². The summed E-state index contributed by atoms with van der Waals surface area (Å²) >= 11 is 1.64. The van der Waals surface area contributed by atoms with Gasteiger partial charge in [0.1, 0.15) is 0 Å². The average molecular weight is 346 g/mol. The van der Waals surface area contributed by atoms with Gasteiger partial charge in [-0.3, -0.25) is 9.59 Å². The minimum absolute atomic E-state index is 0.100. The third-order valence-corrected chi connectivity index (χ3v) is 5.38. The van der Waals surface area contributed by atoms with Crippen LogP contribution in [0.25, 0.3) is 10.2 Å². The van der Waals surface area contributed by atoms with Crippen molar-refractivity contribution < 1.29 is 14.3 Å². The molecule has 1 unspecified atom stereocenters. The fourth-order valence-corrected chi connectivity index (χ4v) is 4.02. The van der Waals surface area contributed by atoms with Gasteiger partial charge in [-0.1, -0.05) is 12.1 Å². The number of fused-ring (bicyclic) bond motifs is 1. The van der Waals surface area contributed by atoms with E-state index in [9.17, 15) is 9.59 Å². The van der Waals surface area contributed by atoms with Crippen molar-refractivity contribution in [1.29, 1.82) is 0 Å². The van der Waals surface area contributed by atoms with Gasteiger partial charge < -0.3 is 9.64 Å². The summed E-state index contributed by atoms with van der Waals surface area (Å²) in [5, 5.41) is 0.989. The molecule has 2 heterocycles. The van der Waals surface area contributed by atoms with E-state index in [0.717, 1.165) is 34.6 Å². The highest BCUT2D eigenvalue weighted by Gasteiger charge is 2.29. The molecule has 1 aromatic carbocycles. The number of benzene rings is 1. The number of piperidine rings is 1. The third kappa shape index (κ3) is 3.93. The van der Waals surface area contributed by atoms with Crippen molar-refractivity contribution in [2.45, 2.75) is 32.6 Å². The summed E-state index contributed by atoms with van der Waals surface area (Å²) < 4.78 is 6.24. The number of rotatable bonds is 5. The first kappa shape index (κ1) is 16.9. The van der Waals surface area contributed by atoms with Gasteiger partial charge in [-0.15, -0.1) is 11.3 Å². The molecule has 1 aromatic heterocycles. The Balaban J connectivity index is 1.55. The maximum absolute atomic E-state index is 12.5. The fourth-order valence-electron chi connectivity index (χ4n) is 3.06. The maximum atomic E-state index is 12.5. The van der Waals surface area contributed by atoms with E-state index in [1.165, 1.54) is 0 Å². The molecule has 1 saturated heterocycles. The summed E-state index contributed by atoms with van der Waals surface area (Å²) in [4.78, 5) is 30.7. The molecule has 0 aliphatic carbocycles. The Labute approximate surface area is 145 Å². The lowest BCUT2D eigenvalue weighted by atomic mass is 9.98. The van der Waals surface area contributed by atoms with Crippen molar-refractivity contribution in [2.75, 3.05) is 19.7 Å². The van der Waals surface area contributed by atoms with Crippen LogP contribution in [-0.2, 0) is 20.7 Å². The number of likely N-dealkylation sites (tertiary alicyclic amines) is 1. The summed E-state index contributed by atoms with van der Waals surface area (Å²) in [5.41, 5.74) is 0.991. The fraction of sp³-hybridized carbons (Fsp3) is 0.500. The predicted octanol–water partition coefficient (Wildman–Crippen LogP) is 3.03. The zero-order valence-electron chi connectivity index (χ0n) is 13.9. The summed E-state index contributed by atoms with van der Waals surface area (Å²) in [6.45, 7) is 3.41. The Morgan fingerprint density at radius 1 is 1.38 bits per heavy atom. The number of thiazole rings is 1. The molecule has 128 valence electrons. The number of aryl methyl sites for hydroxylation is 1. The molecule has 5 nitrogen and oxygen atoms in total. The first-order valence-corrected chi connectivity index (χ1v) is 9.28. The second-order valence-corrected chi connectivity index (χ2v) is 7.12. The number of hydrogen-bond acceptors (Lipinski definition) is 5. The topological polar surface area (TPSA) is 59.5 Å². The molecular weight excluding hydrogens is 324 g/mol. The van der Waals surface area contributed by atoms with Gasteiger partial charge >= 0.3 is 5.97 Å². The molecule has 1 amide bonds. The van der Waals surface area contributed by atoms with Gasteiger partial charge in [0, 0.05) is 25.9 Å². The minimum Gasteiger partial charge on any atom is -0.466 e. The van der Waals surface area contributed by atoms with E-state index in [-0.39, 0.29) is 17.8 Å². The SMILES string of the molecule is CCOC(=O)C1CCCN(C(=O)CCc2nc3ccccc3s2)C1. The molecule has 0 radical (unpaired) electrons. The second kappa shape index (κ2) is 7.75. The first-order valence-electron chi connectivity index (χ1n) is 8.46. The van der Waals surface area contributed by atoms with Gasteiger partial charge in [-0.25, -0.2) is 4.98 Å². The van der Waals surface area contributed by atoms with Gasteiger partial charge in [0.2, 0.25) is 5.91 Å². The standard InChI is InChI=1S/C18H22N2O3S/c1-2-23-18(22)13-6-5-11-20(12-13)17(21)10-9-16-19-14-7-3-4-8-15(14)24-16/h3-4,7-8,13H,2,5-6,9-12H2,1H3. The minimum atomic E-state index is -0.179. The molecular formula is C18H22N2O3S. The van der Waals surface area contributed by atoms with Crippen molar-refractivity contribution in [3.8, 4) is 0 Å². The van der Waals surface area contributed by atoms with Crippen molar-refractivity contribution in [2.24, 2.45) is 5.92 Å². The Morgan fingerprint density at radius 2 is 2.21 bits per heavy atom. The Hall–Kier alpha value is -1.95. The van der Waals surface area contributed by atoms with Crippen molar-refractivity contribution >= 4 is 33.4 Å². The van der Waals surface area contributed by atoms with Gasteiger partial charge in [-0.05, 0) is 31.9 Å². The van der Waals surface area contributed by atoms with Crippen LogP contribution in [0, 0.1) is 5.92 Å². The van der Waals surface area contributed by atoms with Crippen LogP contribution in [0.5, 0.6) is 0 Å². The van der Waals surface area contributed by atoms with Crippen molar-refractivity contribution in [3.63, 3.8) is 0 Å². The predicted molar refractivity (Wildman–Crippen MR) is 93.9 cm³/mol. The highest BCUT2D eigenvalue weighted by Crippen LogP contribution is 2.23. The van der Waals surface area contributed by atoms with E-state index >= 15 is 0 Å². The summed E-state index contributed by atoms with van der Waals surface area (Å²) in [6, 6.07) is 8.01. The Kier molecular flexibility index (Phi) is 5.45. The van der Waals surface area contributed by atoms with Gasteiger partial charge in [0.15, 0.2) is 0 Å². The molecule has 1 atom stereocenters. The lowest BCUT2D eigenvalue weighted by Crippen LogP contribution is -2.42. The number of carbonyl (C=O) groups is 2. The quantitative estimate of drug-likeness (QED) is 0.781. The van der Waals surface area contributed by atoms with E-state index in [4.69, 9.17) is 4.74 Å². The number of esters is 1.